The average Bonchev–Trinajstić information content (AvgIpc) is 3.17. The largest absolute Gasteiger partial charge is 0.418 e. The van der Waals surface area contributed by atoms with Gasteiger partial charge in [-0.2, -0.15) is 0 Å². The molecule has 1 aliphatic rings. The van der Waals surface area contributed by atoms with Crippen molar-refractivity contribution in [3.63, 3.8) is 0 Å². The first-order chi connectivity index (χ1) is 12.6. The average molecular weight is 350 g/mol. The van der Waals surface area contributed by atoms with Crippen LogP contribution in [0.15, 0.2) is 52.9 Å². The summed E-state index contributed by atoms with van der Waals surface area (Å²) in [4.78, 5) is 12.6. The van der Waals surface area contributed by atoms with Crippen LogP contribution in [0.4, 0.5) is 11.4 Å². The molecule has 2 aromatic carbocycles. The van der Waals surface area contributed by atoms with Crippen molar-refractivity contribution in [2.75, 3.05) is 11.4 Å². The molecule has 1 atom stereocenters. The molecule has 1 aromatic heterocycles. The Bertz CT molecular complexity index is 936. The van der Waals surface area contributed by atoms with E-state index in [0.29, 0.717) is 17.3 Å². The van der Waals surface area contributed by atoms with Crippen LogP contribution in [0.3, 0.4) is 0 Å². The Labute approximate surface area is 150 Å². The lowest BCUT2D eigenvalue weighted by molar-refractivity contribution is -0.384. The van der Waals surface area contributed by atoms with Gasteiger partial charge >= 0.3 is 0 Å². The molecule has 4 rings (SSSR count). The third kappa shape index (κ3) is 2.92. The minimum atomic E-state index is -0.432. The van der Waals surface area contributed by atoms with Crippen LogP contribution in [0.2, 0.25) is 0 Å². The summed E-state index contributed by atoms with van der Waals surface area (Å²) in [5.74, 6) is 0.905. The number of nitrogens with zero attached hydrogens (tertiary/aromatic N) is 4. The molecule has 0 bridgehead atoms. The van der Waals surface area contributed by atoms with Gasteiger partial charge in [0.05, 0.1) is 4.92 Å². The Morgan fingerprint density at radius 2 is 1.92 bits per heavy atom. The van der Waals surface area contributed by atoms with E-state index in [0.717, 1.165) is 19.4 Å². The zero-order valence-corrected chi connectivity index (χ0v) is 14.3. The number of hydrogen-bond donors (Lipinski definition) is 0. The molecule has 0 unspecified atom stereocenters. The molecule has 0 fully saturated rings. The van der Waals surface area contributed by atoms with E-state index in [9.17, 15) is 10.1 Å². The summed E-state index contributed by atoms with van der Waals surface area (Å²) in [6, 6.07) is 14.4. The van der Waals surface area contributed by atoms with Crippen molar-refractivity contribution in [2.24, 2.45) is 0 Å². The molecule has 26 heavy (non-hydrogen) atoms. The van der Waals surface area contributed by atoms with Gasteiger partial charge in [-0.3, -0.25) is 10.1 Å². The molecule has 0 radical (unpaired) electrons. The van der Waals surface area contributed by atoms with Gasteiger partial charge in [-0.15, -0.1) is 10.2 Å². The highest BCUT2D eigenvalue weighted by atomic mass is 16.6. The van der Waals surface area contributed by atoms with Crippen LogP contribution in [0.25, 0.3) is 11.5 Å². The van der Waals surface area contributed by atoms with Crippen molar-refractivity contribution >= 4 is 11.4 Å². The Morgan fingerprint density at radius 1 is 1.15 bits per heavy atom. The molecule has 0 aliphatic carbocycles. The van der Waals surface area contributed by atoms with E-state index < -0.39 is 4.92 Å². The van der Waals surface area contributed by atoms with Crippen LogP contribution in [0.1, 0.15) is 30.8 Å². The minimum Gasteiger partial charge on any atom is -0.418 e. The molecular weight excluding hydrogens is 332 g/mol. The highest BCUT2D eigenvalue weighted by Crippen LogP contribution is 2.34. The molecule has 3 aromatic rings. The second-order valence-electron chi connectivity index (χ2n) is 6.35. The van der Waals surface area contributed by atoms with Crippen molar-refractivity contribution in [3.05, 3.63) is 70.1 Å². The molecule has 132 valence electrons. The zero-order valence-electron chi connectivity index (χ0n) is 14.3. The molecule has 7 nitrogen and oxygen atoms in total. The van der Waals surface area contributed by atoms with Crippen LogP contribution in [0.5, 0.6) is 0 Å². The molecule has 7 heteroatoms. The lowest BCUT2D eigenvalue weighted by atomic mass is 10.0. The van der Waals surface area contributed by atoms with Gasteiger partial charge < -0.3 is 9.32 Å². The SMILES string of the molecule is C[C@@H](c1nnc(-c2ccc([N+](=O)[O-])cc2)o1)N1CCCc2ccccc21. The first-order valence-corrected chi connectivity index (χ1v) is 8.56. The third-order valence-electron chi connectivity index (χ3n) is 4.74. The predicted octanol–water partition coefficient (Wildman–Crippen LogP) is 4.16. The number of para-hydroxylation sites is 1. The quantitative estimate of drug-likeness (QED) is 0.519. The fourth-order valence-corrected chi connectivity index (χ4v) is 3.34. The summed E-state index contributed by atoms with van der Waals surface area (Å²) in [7, 11) is 0. The molecule has 0 spiro atoms. The number of hydrogen-bond acceptors (Lipinski definition) is 6. The van der Waals surface area contributed by atoms with E-state index in [1.807, 2.05) is 6.07 Å². The lowest BCUT2D eigenvalue weighted by Crippen LogP contribution is -2.32. The van der Waals surface area contributed by atoms with Gasteiger partial charge in [0, 0.05) is 29.9 Å². The van der Waals surface area contributed by atoms with Crippen LogP contribution in [0, 0.1) is 10.1 Å². The highest BCUT2D eigenvalue weighted by Gasteiger charge is 2.26. The summed E-state index contributed by atoms with van der Waals surface area (Å²) >= 11 is 0. The number of aromatic nitrogens is 2. The Hall–Kier alpha value is -3.22. The van der Waals surface area contributed by atoms with Crippen LogP contribution < -0.4 is 4.90 Å². The number of nitro groups is 1. The summed E-state index contributed by atoms with van der Waals surface area (Å²) in [6.45, 7) is 2.99. The van der Waals surface area contributed by atoms with Crippen LogP contribution >= 0.6 is 0 Å². The second kappa shape index (κ2) is 6.59. The minimum absolute atomic E-state index is 0.0341. The standard InChI is InChI=1S/C19H18N4O3/c1-13(22-12-4-6-14-5-2-3-7-17(14)22)18-20-21-19(26-18)15-8-10-16(11-9-15)23(24)25/h2-3,5,7-11,13H,4,6,12H2,1H3/t13-/m0/s1. The molecule has 0 amide bonds. The number of rotatable bonds is 4. The van der Waals surface area contributed by atoms with Gasteiger partial charge in [-0.25, -0.2) is 0 Å². The number of nitro benzene ring substituents is 1. The van der Waals surface area contributed by atoms with Crippen molar-refractivity contribution in [2.45, 2.75) is 25.8 Å². The number of fused-ring (bicyclic) bond motifs is 1. The van der Waals surface area contributed by atoms with E-state index in [2.05, 4.69) is 40.2 Å². The van der Waals surface area contributed by atoms with Gasteiger partial charge in [0.2, 0.25) is 11.8 Å². The smallest absolute Gasteiger partial charge is 0.269 e. The molecular formula is C19H18N4O3. The van der Waals surface area contributed by atoms with E-state index in [1.165, 1.54) is 23.4 Å². The Balaban J connectivity index is 1.59. The van der Waals surface area contributed by atoms with Crippen molar-refractivity contribution in [1.29, 1.82) is 0 Å². The number of benzene rings is 2. The Morgan fingerprint density at radius 3 is 2.69 bits per heavy atom. The normalized spacial score (nSPS) is 14.7. The van der Waals surface area contributed by atoms with Gasteiger partial charge in [-0.1, -0.05) is 18.2 Å². The van der Waals surface area contributed by atoms with Crippen molar-refractivity contribution < 1.29 is 9.34 Å². The maximum atomic E-state index is 10.8. The summed E-state index contributed by atoms with van der Waals surface area (Å²) < 4.78 is 5.87. The second-order valence-corrected chi connectivity index (χ2v) is 6.35. The van der Waals surface area contributed by atoms with E-state index in [-0.39, 0.29) is 11.7 Å². The fraction of sp³-hybridized carbons (Fsp3) is 0.263. The number of anilines is 1. The van der Waals surface area contributed by atoms with E-state index in [4.69, 9.17) is 4.42 Å². The van der Waals surface area contributed by atoms with Crippen molar-refractivity contribution in [1.82, 2.24) is 10.2 Å². The first kappa shape index (κ1) is 16.3. The predicted molar refractivity (Wildman–Crippen MR) is 96.9 cm³/mol. The summed E-state index contributed by atoms with van der Waals surface area (Å²) in [5.41, 5.74) is 3.24. The van der Waals surface area contributed by atoms with Gasteiger partial charge in [-0.05, 0) is 43.5 Å². The zero-order chi connectivity index (χ0) is 18.1. The van der Waals surface area contributed by atoms with Crippen LogP contribution in [-0.2, 0) is 6.42 Å². The Kier molecular flexibility index (Phi) is 4.12. The topological polar surface area (TPSA) is 85.3 Å². The molecule has 2 heterocycles. The third-order valence-corrected chi connectivity index (χ3v) is 4.74. The number of aryl methyl sites for hydroxylation is 1. The molecule has 0 N–H and O–H groups in total. The maximum Gasteiger partial charge on any atom is 0.269 e. The fourth-order valence-electron chi connectivity index (χ4n) is 3.34. The van der Waals surface area contributed by atoms with Gasteiger partial charge in [0.1, 0.15) is 6.04 Å². The number of non-ortho nitro benzene ring substituents is 1. The molecule has 1 aliphatic heterocycles. The molecule has 0 saturated heterocycles. The lowest BCUT2D eigenvalue weighted by Gasteiger charge is -2.34. The summed E-state index contributed by atoms with van der Waals surface area (Å²) in [6.07, 6.45) is 2.17. The van der Waals surface area contributed by atoms with Gasteiger partial charge in [0.15, 0.2) is 0 Å². The van der Waals surface area contributed by atoms with Gasteiger partial charge in [0.25, 0.3) is 5.69 Å². The summed E-state index contributed by atoms with van der Waals surface area (Å²) in [5, 5.41) is 19.1. The van der Waals surface area contributed by atoms with Crippen molar-refractivity contribution in [3.8, 4) is 11.5 Å². The van der Waals surface area contributed by atoms with E-state index in [1.54, 1.807) is 12.1 Å². The maximum absolute atomic E-state index is 10.8. The van der Waals surface area contributed by atoms with E-state index >= 15 is 0 Å². The monoisotopic (exact) mass is 350 g/mol. The molecule has 0 saturated carbocycles. The highest BCUT2D eigenvalue weighted by molar-refractivity contribution is 5.57. The van der Waals surface area contributed by atoms with Crippen LogP contribution in [-0.4, -0.2) is 21.7 Å². The first-order valence-electron chi connectivity index (χ1n) is 8.56.